The number of sulfonamides is 1. The molecule has 154 valence electrons. The highest BCUT2D eigenvalue weighted by molar-refractivity contribution is 7.92. The van der Waals surface area contributed by atoms with Crippen LogP contribution in [0.15, 0.2) is 47.4 Å². The molecule has 8 nitrogen and oxygen atoms in total. The number of nitrogens with zero attached hydrogens (tertiary/aromatic N) is 3. The lowest BCUT2D eigenvalue weighted by molar-refractivity contribution is 0.607. The molecule has 0 saturated heterocycles. The van der Waals surface area contributed by atoms with Crippen LogP contribution in [0.3, 0.4) is 0 Å². The number of nitrogens with one attached hydrogen (secondary N) is 2. The summed E-state index contributed by atoms with van der Waals surface area (Å²) in [4.78, 5) is 19.1. The first-order valence-electron chi connectivity index (χ1n) is 8.93. The number of aromatic amines is 1. The summed E-state index contributed by atoms with van der Waals surface area (Å²) in [7, 11) is -1.67. The van der Waals surface area contributed by atoms with Gasteiger partial charge in [0.2, 0.25) is 15.6 Å². The topological polar surface area (TPSA) is 110 Å². The van der Waals surface area contributed by atoms with Crippen LogP contribution in [0.5, 0.6) is 0 Å². The zero-order chi connectivity index (χ0) is 21.6. The highest BCUT2D eigenvalue weighted by atomic mass is 35.5. The van der Waals surface area contributed by atoms with Crippen molar-refractivity contribution in [3.8, 4) is 22.5 Å². The zero-order valence-corrected chi connectivity index (χ0v) is 18.0. The van der Waals surface area contributed by atoms with Gasteiger partial charge in [0, 0.05) is 30.3 Å². The predicted octanol–water partition coefficient (Wildman–Crippen LogP) is 3.32. The van der Waals surface area contributed by atoms with Gasteiger partial charge in [0.05, 0.1) is 17.0 Å². The Hall–Kier alpha value is -3.17. The van der Waals surface area contributed by atoms with Gasteiger partial charge in [-0.15, -0.1) is 0 Å². The maximum Gasteiger partial charge on any atom is 0.249 e. The number of pyridine rings is 2. The monoisotopic (exact) mass is 443 g/mol. The maximum atomic E-state index is 11.7. The van der Waals surface area contributed by atoms with E-state index >= 15 is 0 Å². The van der Waals surface area contributed by atoms with Crippen LogP contribution in [0.4, 0.5) is 5.69 Å². The van der Waals surface area contributed by atoms with Crippen molar-refractivity contribution >= 4 is 38.3 Å². The van der Waals surface area contributed by atoms with Crippen LogP contribution in [-0.2, 0) is 17.1 Å². The Morgan fingerprint density at radius 3 is 2.57 bits per heavy atom. The van der Waals surface area contributed by atoms with Gasteiger partial charge in [0.25, 0.3) is 0 Å². The fraction of sp³-hybridized carbons (Fsp3) is 0.150. The number of hydrogen-bond acceptors (Lipinski definition) is 5. The Balaban J connectivity index is 1.98. The standard InChI is InChI=1S/C20H18ClN5O3S/c1-11-8-13(10-15(21)18(11)25-30(3,28)29)14-9-12-4-5-17(27)22-20(12)23-19(14)16-6-7-26(2)24-16/h4-10,25H,1-3H3,(H,22,23,27). The van der Waals surface area contributed by atoms with Crippen LogP contribution in [0.25, 0.3) is 33.5 Å². The van der Waals surface area contributed by atoms with E-state index in [1.807, 2.05) is 18.2 Å². The van der Waals surface area contributed by atoms with E-state index in [9.17, 15) is 13.2 Å². The van der Waals surface area contributed by atoms with Gasteiger partial charge in [0.1, 0.15) is 17.0 Å². The van der Waals surface area contributed by atoms with E-state index < -0.39 is 10.0 Å². The molecule has 0 amide bonds. The van der Waals surface area contributed by atoms with Crippen LogP contribution < -0.4 is 10.3 Å². The first-order chi connectivity index (χ1) is 14.1. The Bertz CT molecular complexity index is 1430. The Morgan fingerprint density at radius 2 is 1.93 bits per heavy atom. The molecule has 10 heteroatoms. The van der Waals surface area contributed by atoms with Crippen molar-refractivity contribution in [2.24, 2.45) is 7.05 Å². The molecule has 3 heterocycles. The minimum absolute atomic E-state index is 0.246. The van der Waals surface area contributed by atoms with E-state index in [0.29, 0.717) is 28.3 Å². The van der Waals surface area contributed by atoms with E-state index in [-0.39, 0.29) is 10.6 Å². The Morgan fingerprint density at radius 1 is 1.17 bits per heavy atom. The Kier molecular flexibility index (Phi) is 4.87. The highest BCUT2D eigenvalue weighted by Crippen LogP contribution is 2.37. The SMILES string of the molecule is Cc1cc(-c2cc3ccc(=O)[nH]c3nc2-c2ccn(C)n2)cc(Cl)c1NS(C)(=O)=O. The van der Waals surface area contributed by atoms with E-state index in [0.717, 1.165) is 22.8 Å². The van der Waals surface area contributed by atoms with Gasteiger partial charge in [-0.05, 0) is 48.4 Å². The lowest BCUT2D eigenvalue weighted by atomic mass is 9.98. The van der Waals surface area contributed by atoms with Crippen LogP contribution in [0.1, 0.15) is 5.56 Å². The number of benzene rings is 1. The first kappa shape index (κ1) is 20.1. The summed E-state index contributed by atoms with van der Waals surface area (Å²) in [6.45, 7) is 1.77. The molecule has 0 radical (unpaired) electrons. The number of rotatable bonds is 4. The number of aromatic nitrogens is 4. The molecular formula is C20H18ClN5O3S. The number of H-pyrrole nitrogens is 1. The van der Waals surface area contributed by atoms with Gasteiger partial charge in [0.15, 0.2) is 0 Å². The molecule has 1 aromatic carbocycles. The summed E-state index contributed by atoms with van der Waals surface area (Å²) in [5.41, 5.74) is 3.91. The third-order valence-corrected chi connectivity index (χ3v) is 5.42. The molecule has 3 aromatic heterocycles. The molecule has 0 atom stereocenters. The smallest absolute Gasteiger partial charge is 0.249 e. The second kappa shape index (κ2) is 7.26. The maximum absolute atomic E-state index is 11.7. The van der Waals surface area contributed by atoms with Gasteiger partial charge < -0.3 is 4.98 Å². The number of halogens is 1. The van der Waals surface area contributed by atoms with Gasteiger partial charge in [-0.25, -0.2) is 13.4 Å². The molecule has 0 saturated carbocycles. The number of hydrogen-bond donors (Lipinski definition) is 2. The van der Waals surface area contributed by atoms with Gasteiger partial charge in [-0.2, -0.15) is 5.10 Å². The number of fused-ring (bicyclic) bond motifs is 1. The van der Waals surface area contributed by atoms with Gasteiger partial charge in [-0.3, -0.25) is 14.2 Å². The van der Waals surface area contributed by atoms with E-state index in [1.54, 1.807) is 37.0 Å². The second-order valence-corrected chi connectivity index (χ2v) is 9.20. The summed E-state index contributed by atoms with van der Waals surface area (Å²) in [6.07, 6.45) is 2.87. The number of aryl methyl sites for hydroxylation is 2. The van der Waals surface area contributed by atoms with Gasteiger partial charge >= 0.3 is 0 Å². The van der Waals surface area contributed by atoms with Crippen LogP contribution in [0.2, 0.25) is 5.02 Å². The zero-order valence-electron chi connectivity index (χ0n) is 16.4. The molecular weight excluding hydrogens is 426 g/mol. The molecule has 0 spiro atoms. The summed E-state index contributed by atoms with van der Waals surface area (Å²) in [6, 6.07) is 10.4. The molecule has 0 aliphatic carbocycles. The quantitative estimate of drug-likeness (QED) is 0.502. The van der Waals surface area contributed by atoms with Crippen molar-refractivity contribution in [3.05, 3.63) is 63.5 Å². The normalized spacial score (nSPS) is 11.7. The first-order valence-corrected chi connectivity index (χ1v) is 11.2. The van der Waals surface area contributed by atoms with Crippen molar-refractivity contribution in [1.82, 2.24) is 19.7 Å². The molecule has 0 unspecified atom stereocenters. The minimum atomic E-state index is -3.47. The van der Waals surface area contributed by atoms with Crippen molar-refractivity contribution in [1.29, 1.82) is 0 Å². The van der Waals surface area contributed by atoms with E-state index in [4.69, 9.17) is 11.6 Å². The fourth-order valence-electron chi connectivity index (χ4n) is 3.25. The van der Waals surface area contributed by atoms with Gasteiger partial charge in [-0.1, -0.05) is 11.6 Å². The summed E-state index contributed by atoms with van der Waals surface area (Å²) in [5, 5.41) is 5.46. The molecule has 0 aliphatic rings. The Labute approximate surface area is 177 Å². The summed E-state index contributed by atoms with van der Waals surface area (Å²) < 4.78 is 27.4. The lowest BCUT2D eigenvalue weighted by Crippen LogP contribution is -2.11. The molecule has 0 aliphatic heterocycles. The van der Waals surface area contributed by atoms with Crippen molar-refractivity contribution < 1.29 is 8.42 Å². The van der Waals surface area contributed by atoms with Crippen molar-refractivity contribution in [3.63, 3.8) is 0 Å². The second-order valence-electron chi connectivity index (χ2n) is 7.04. The molecule has 0 fully saturated rings. The lowest BCUT2D eigenvalue weighted by Gasteiger charge is -2.14. The molecule has 0 bridgehead atoms. The van der Waals surface area contributed by atoms with E-state index in [1.165, 1.54) is 6.07 Å². The highest BCUT2D eigenvalue weighted by Gasteiger charge is 2.17. The predicted molar refractivity (Wildman–Crippen MR) is 118 cm³/mol. The summed E-state index contributed by atoms with van der Waals surface area (Å²) >= 11 is 6.42. The molecule has 2 N–H and O–H groups in total. The minimum Gasteiger partial charge on any atom is -0.307 e. The summed E-state index contributed by atoms with van der Waals surface area (Å²) in [5.74, 6) is 0. The molecule has 4 rings (SSSR count). The largest absolute Gasteiger partial charge is 0.307 e. The third kappa shape index (κ3) is 3.94. The van der Waals surface area contributed by atoms with Crippen molar-refractivity contribution in [2.45, 2.75) is 6.92 Å². The van der Waals surface area contributed by atoms with Crippen LogP contribution in [0, 0.1) is 6.92 Å². The third-order valence-electron chi connectivity index (χ3n) is 4.55. The molecule has 30 heavy (non-hydrogen) atoms. The number of anilines is 1. The average molecular weight is 444 g/mol. The molecule has 4 aromatic rings. The average Bonchev–Trinajstić information content (AvgIpc) is 3.09. The van der Waals surface area contributed by atoms with Crippen molar-refractivity contribution in [2.75, 3.05) is 11.0 Å². The van der Waals surface area contributed by atoms with Crippen LogP contribution in [-0.4, -0.2) is 34.4 Å². The van der Waals surface area contributed by atoms with E-state index in [2.05, 4.69) is 19.8 Å². The fourth-order valence-corrected chi connectivity index (χ4v) is 4.26. The van der Waals surface area contributed by atoms with Crippen LogP contribution >= 0.6 is 11.6 Å².